The molecule has 0 aromatic heterocycles. The number of rotatable bonds is 4. The zero-order valence-electron chi connectivity index (χ0n) is 11.4. The predicted molar refractivity (Wildman–Crippen MR) is 89.5 cm³/mol. The Balaban J connectivity index is 3.35. The molecule has 1 rings (SSSR count). The summed E-state index contributed by atoms with van der Waals surface area (Å²) < 4.78 is 16.6. The van der Waals surface area contributed by atoms with Crippen LogP contribution >= 0.6 is 45.2 Å². The van der Waals surface area contributed by atoms with Crippen LogP contribution < -0.4 is 4.74 Å². The second-order valence-corrected chi connectivity index (χ2v) is 6.36. The first-order valence-electron chi connectivity index (χ1n) is 5.72. The first kappa shape index (κ1) is 18.1. The van der Waals surface area contributed by atoms with Crippen LogP contribution in [0.2, 0.25) is 0 Å². The molecule has 0 fully saturated rings. The van der Waals surface area contributed by atoms with Crippen LogP contribution in [0, 0.1) is 7.14 Å². The summed E-state index contributed by atoms with van der Waals surface area (Å²) in [5.74, 6) is -1.57. The van der Waals surface area contributed by atoms with Gasteiger partial charge in [0.05, 0.1) is 9.13 Å². The molecular formula is C13H12I2O6. The minimum atomic E-state index is -1.27. The van der Waals surface area contributed by atoms with Crippen molar-refractivity contribution >= 4 is 63.1 Å². The Morgan fingerprint density at radius 2 is 1.48 bits per heavy atom. The molecule has 0 aliphatic carbocycles. The van der Waals surface area contributed by atoms with Crippen molar-refractivity contribution in [2.24, 2.45) is 0 Å². The predicted octanol–water partition coefficient (Wildman–Crippen LogP) is 2.95. The van der Waals surface area contributed by atoms with Crippen molar-refractivity contribution in [1.82, 2.24) is 0 Å². The third kappa shape index (κ3) is 5.77. The third-order valence-corrected chi connectivity index (χ3v) is 3.51. The highest BCUT2D eigenvalue weighted by atomic mass is 127. The normalized spacial score (nSPS) is 10.2. The van der Waals surface area contributed by atoms with Gasteiger partial charge in [0.2, 0.25) is 0 Å². The standard InChI is InChI=1S/C13H12I2O6/c1-6(16)19-12-10(4-9(14)5-11(12)15)13(20-7(2)17)21-8(3)18/h4-5,13H,1-3H3. The van der Waals surface area contributed by atoms with Crippen molar-refractivity contribution in [2.75, 3.05) is 0 Å². The Labute approximate surface area is 148 Å². The van der Waals surface area contributed by atoms with Crippen molar-refractivity contribution in [1.29, 1.82) is 0 Å². The Morgan fingerprint density at radius 1 is 0.952 bits per heavy atom. The molecule has 114 valence electrons. The van der Waals surface area contributed by atoms with E-state index in [4.69, 9.17) is 14.2 Å². The molecular weight excluding hydrogens is 506 g/mol. The zero-order chi connectivity index (χ0) is 16.2. The number of hydrogen-bond acceptors (Lipinski definition) is 6. The molecule has 1 aromatic rings. The smallest absolute Gasteiger partial charge is 0.308 e. The van der Waals surface area contributed by atoms with Gasteiger partial charge in [0.1, 0.15) is 0 Å². The minimum Gasteiger partial charge on any atom is -0.425 e. The topological polar surface area (TPSA) is 78.9 Å². The van der Waals surface area contributed by atoms with Crippen LogP contribution in [0.4, 0.5) is 0 Å². The number of esters is 3. The molecule has 0 unspecified atom stereocenters. The average Bonchev–Trinajstić information content (AvgIpc) is 2.29. The fourth-order valence-corrected chi connectivity index (χ4v) is 3.46. The van der Waals surface area contributed by atoms with E-state index in [1.807, 2.05) is 22.6 Å². The second-order valence-electron chi connectivity index (χ2n) is 3.95. The third-order valence-electron chi connectivity index (χ3n) is 2.08. The number of carbonyl (C=O) groups is 3. The fourth-order valence-electron chi connectivity index (χ4n) is 1.46. The van der Waals surface area contributed by atoms with Crippen LogP contribution in [0.5, 0.6) is 5.75 Å². The number of benzene rings is 1. The molecule has 0 amide bonds. The van der Waals surface area contributed by atoms with Gasteiger partial charge in [-0.15, -0.1) is 0 Å². The van der Waals surface area contributed by atoms with Crippen molar-refractivity contribution in [3.8, 4) is 5.75 Å². The molecule has 0 heterocycles. The molecule has 0 aliphatic rings. The van der Waals surface area contributed by atoms with Crippen LogP contribution in [-0.4, -0.2) is 17.9 Å². The number of halogens is 2. The van der Waals surface area contributed by atoms with Gasteiger partial charge in [-0.3, -0.25) is 14.4 Å². The first-order valence-corrected chi connectivity index (χ1v) is 7.88. The largest absolute Gasteiger partial charge is 0.425 e. The number of ether oxygens (including phenoxy) is 3. The molecule has 21 heavy (non-hydrogen) atoms. The maximum atomic E-state index is 11.2. The van der Waals surface area contributed by atoms with E-state index in [1.54, 1.807) is 12.1 Å². The fraction of sp³-hybridized carbons (Fsp3) is 0.308. The Hall–Kier alpha value is -0.910. The molecule has 1 aromatic carbocycles. The summed E-state index contributed by atoms with van der Waals surface area (Å²) >= 11 is 4.04. The van der Waals surface area contributed by atoms with E-state index >= 15 is 0 Å². The van der Waals surface area contributed by atoms with Crippen LogP contribution in [0.3, 0.4) is 0 Å². The van der Waals surface area contributed by atoms with Crippen molar-refractivity contribution < 1.29 is 28.6 Å². The van der Waals surface area contributed by atoms with Gasteiger partial charge in [-0.25, -0.2) is 0 Å². The summed E-state index contributed by atoms with van der Waals surface area (Å²) in [4.78, 5) is 33.6. The first-order chi connectivity index (χ1) is 9.70. The zero-order valence-corrected chi connectivity index (χ0v) is 15.8. The van der Waals surface area contributed by atoms with Gasteiger partial charge in [0.25, 0.3) is 6.29 Å². The Kier molecular flexibility index (Phi) is 6.84. The lowest BCUT2D eigenvalue weighted by atomic mass is 10.2. The molecule has 0 atom stereocenters. The highest BCUT2D eigenvalue weighted by Crippen LogP contribution is 2.35. The van der Waals surface area contributed by atoms with Crippen molar-refractivity contribution in [3.05, 3.63) is 24.8 Å². The maximum absolute atomic E-state index is 11.2. The molecule has 8 heteroatoms. The monoisotopic (exact) mass is 518 g/mol. The molecule has 0 saturated carbocycles. The number of hydrogen-bond donors (Lipinski definition) is 0. The maximum Gasteiger partial charge on any atom is 0.308 e. The van der Waals surface area contributed by atoms with E-state index in [-0.39, 0.29) is 5.75 Å². The van der Waals surface area contributed by atoms with E-state index in [1.165, 1.54) is 20.8 Å². The molecule has 0 bridgehead atoms. The van der Waals surface area contributed by atoms with Crippen LogP contribution in [-0.2, 0) is 23.9 Å². The van der Waals surface area contributed by atoms with E-state index in [2.05, 4.69) is 22.6 Å². The van der Waals surface area contributed by atoms with Crippen LogP contribution in [0.15, 0.2) is 12.1 Å². The van der Waals surface area contributed by atoms with Gasteiger partial charge in [0.15, 0.2) is 5.75 Å². The number of carbonyl (C=O) groups excluding carboxylic acids is 3. The van der Waals surface area contributed by atoms with Gasteiger partial charge >= 0.3 is 17.9 Å². The van der Waals surface area contributed by atoms with Crippen LogP contribution in [0.25, 0.3) is 0 Å². The lowest BCUT2D eigenvalue weighted by molar-refractivity contribution is -0.186. The van der Waals surface area contributed by atoms with Gasteiger partial charge in [-0.1, -0.05) is 0 Å². The molecule has 0 aliphatic heterocycles. The minimum absolute atomic E-state index is 0.205. The molecule has 0 saturated heterocycles. The van der Waals surface area contributed by atoms with E-state index in [9.17, 15) is 14.4 Å². The van der Waals surface area contributed by atoms with E-state index < -0.39 is 24.2 Å². The quantitative estimate of drug-likeness (QED) is 0.264. The Morgan fingerprint density at radius 3 is 1.90 bits per heavy atom. The molecule has 6 nitrogen and oxygen atoms in total. The summed E-state index contributed by atoms with van der Waals surface area (Å²) in [6.07, 6.45) is -1.27. The van der Waals surface area contributed by atoms with E-state index in [0.29, 0.717) is 9.13 Å². The lowest BCUT2D eigenvalue weighted by Gasteiger charge is -2.20. The van der Waals surface area contributed by atoms with Crippen LogP contribution in [0.1, 0.15) is 32.6 Å². The summed E-state index contributed by atoms with van der Waals surface area (Å²) in [6.45, 7) is 3.65. The molecule has 0 radical (unpaired) electrons. The van der Waals surface area contributed by atoms with Gasteiger partial charge in [0, 0.05) is 24.3 Å². The van der Waals surface area contributed by atoms with E-state index in [0.717, 1.165) is 3.57 Å². The molecule has 0 spiro atoms. The Bertz CT molecular complexity index is 568. The summed E-state index contributed by atoms with van der Waals surface area (Å²) in [5, 5.41) is 0. The SMILES string of the molecule is CC(=O)Oc1c(I)cc(I)cc1C(OC(C)=O)OC(C)=O. The highest BCUT2D eigenvalue weighted by molar-refractivity contribution is 14.1. The van der Waals surface area contributed by atoms with Crippen molar-refractivity contribution in [2.45, 2.75) is 27.1 Å². The summed E-state index contributed by atoms with van der Waals surface area (Å²) in [5.41, 5.74) is 0.298. The van der Waals surface area contributed by atoms with Gasteiger partial charge in [-0.05, 0) is 57.3 Å². The van der Waals surface area contributed by atoms with Gasteiger partial charge < -0.3 is 14.2 Å². The molecule has 0 N–H and O–H groups in total. The summed E-state index contributed by atoms with van der Waals surface area (Å²) in [6, 6.07) is 3.40. The van der Waals surface area contributed by atoms with Crippen molar-refractivity contribution in [3.63, 3.8) is 0 Å². The average molecular weight is 518 g/mol. The van der Waals surface area contributed by atoms with Gasteiger partial charge in [-0.2, -0.15) is 0 Å². The highest BCUT2D eigenvalue weighted by Gasteiger charge is 2.25. The second kappa shape index (κ2) is 7.92. The lowest BCUT2D eigenvalue weighted by Crippen LogP contribution is -2.17. The summed E-state index contributed by atoms with van der Waals surface area (Å²) in [7, 11) is 0.